The highest BCUT2D eigenvalue weighted by Gasteiger charge is 2.19. The van der Waals surface area contributed by atoms with E-state index in [1.165, 1.54) is 0 Å². The molecule has 0 saturated carbocycles. The average molecular weight is 248 g/mol. The first kappa shape index (κ1) is 12.3. The van der Waals surface area contributed by atoms with Gasteiger partial charge in [0, 0.05) is 0 Å². The summed E-state index contributed by atoms with van der Waals surface area (Å²) in [5, 5.41) is -0.0156. The number of nitrogens with one attached hydrogen (secondary N) is 1. The Morgan fingerprint density at radius 1 is 1.40 bits per heavy atom. The van der Waals surface area contributed by atoms with Gasteiger partial charge < -0.3 is 0 Å². The highest BCUT2D eigenvalue weighted by atomic mass is 35.5. The first-order valence-electron chi connectivity index (χ1n) is 4.73. The Morgan fingerprint density at radius 2 is 2.00 bits per heavy atom. The van der Waals surface area contributed by atoms with E-state index in [-0.39, 0.29) is 0 Å². The van der Waals surface area contributed by atoms with E-state index in [1.54, 1.807) is 31.2 Å². The molecular weight excluding hydrogens is 234 g/mol. The fourth-order valence-electron chi connectivity index (χ4n) is 1.02. The van der Waals surface area contributed by atoms with Gasteiger partial charge in [0.2, 0.25) is 10.0 Å². The molecule has 1 atom stereocenters. The van der Waals surface area contributed by atoms with Gasteiger partial charge in [0.25, 0.3) is 0 Å². The molecule has 15 heavy (non-hydrogen) atoms. The number of hydrogen-bond donors (Lipinski definition) is 1. The van der Waals surface area contributed by atoms with Gasteiger partial charge in [-0.3, -0.25) is 4.72 Å². The highest BCUT2D eigenvalue weighted by Crippen LogP contribution is 2.22. The standard InChI is InChI=1S/C10H14ClNO2S/c1-3-8(2)15(13,14)12-10-7-5-4-6-9(10)11/h4-8,12H,3H2,1-2H3. The monoisotopic (exact) mass is 247 g/mol. The van der Waals surface area contributed by atoms with Gasteiger partial charge >= 0.3 is 0 Å². The largest absolute Gasteiger partial charge is 0.282 e. The topological polar surface area (TPSA) is 46.2 Å². The maximum Gasteiger partial charge on any atom is 0.235 e. The van der Waals surface area contributed by atoms with Crippen LogP contribution in [0, 0.1) is 0 Å². The van der Waals surface area contributed by atoms with Gasteiger partial charge in [0.15, 0.2) is 0 Å². The zero-order valence-electron chi connectivity index (χ0n) is 8.70. The molecule has 84 valence electrons. The van der Waals surface area contributed by atoms with Crippen LogP contribution >= 0.6 is 11.6 Å². The molecule has 1 aromatic carbocycles. The molecule has 0 spiro atoms. The van der Waals surface area contributed by atoms with Crippen molar-refractivity contribution in [3.05, 3.63) is 29.3 Å². The molecule has 1 aromatic rings. The Kier molecular flexibility index (Phi) is 3.99. The van der Waals surface area contributed by atoms with Crippen LogP contribution < -0.4 is 4.72 Å². The van der Waals surface area contributed by atoms with Crippen LogP contribution in [0.1, 0.15) is 20.3 Å². The number of halogens is 1. The number of para-hydroxylation sites is 1. The summed E-state index contributed by atoms with van der Waals surface area (Å²) in [5.74, 6) is 0. The fraction of sp³-hybridized carbons (Fsp3) is 0.400. The van der Waals surface area contributed by atoms with Gasteiger partial charge in [-0.25, -0.2) is 8.42 Å². The predicted molar refractivity (Wildman–Crippen MR) is 63.7 cm³/mol. The second-order valence-electron chi connectivity index (χ2n) is 3.35. The number of rotatable bonds is 4. The molecule has 3 nitrogen and oxygen atoms in total. The summed E-state index contributed by atoms with van der Waals surface area (Å²) in [6, 6.07) is 6.78. The molecule has 1 rings (SSSR count). The Labute approximate surface area is 95.5 Å². The van der Waals surface area contributed by atoms with E-state index in [9.17, 15) is 8.42 Å². The summed E-state index contributed by atoms with van der Waals surface area (Å²) in [6.45, 7) is 3.50. The summed E-state index contributed by atoms with van der Waals surface area (Å²) in [7, 11) is -3.32. The molecule has 0 fully saturated rings. The van der Waals surface area contributed by atoms with E-state index in [0.717, 1.165) is 0 Å². The van der Waals surface area contributed by atoms with Crippen molar-refractivity contribution in [3.8, 4) is 0 Å². The van der Waals surface area contributed by atoms with Crippen molar-refractivity contribution >= 4 is 27.3 Å². The second-order valence-corrected chi connectivity index (χ2v) is 5.85. The van der Waals surface area contributed by atoms with Crippen LogP contribution in [-0.2, 0) is 10.0 Å². The molecule has 0 heterocycles. The van der Waals surface area contributed by atoms with Crippen LogP contribution in [0.4, 0.5) is 5.69 Å². The van der Waals surface area contributed by atoms with Crippen molar-refractivity contribution in [2.24, 2.45) is 0 Å². The van der Waals surface area contributed by atoms with Gasteiger partial charge in [-0.2, -0.15) is 0 Å². The summed E-state index contributed by atoms with van der Waals surface area (Å²) in [5.41, 5.74) is 0.430. The van der Waals surface area contributed by atoms with Crippen LogP contribution in [0.15, 0.2) is 24.3 Å². The lowest BCUT2D eigenvalue weighted by molar-refractivity contribution is 0.586. The van der Waals surface area contributed by atoms with Crippen LogP contribution in [0.25, 0.3) is 0 Å². The zero-order valence-corrected chi connectivity index (χ0v) is 10.3. The summed E-state index contributed by atoms with van der Waals surface area (Å²) in [6.07, 6.45) is 0.569. The van der Waals surface area contributed by atoms with Gasteiger partial charge in [-0.15, -0.1) is 0 Å². The molecule has 5 heteroatoms. The van der Waals surface area contributed by atoms with Gasteiger partial charge in [0.1, 0.15) is 0 Å². The molecule has 1 unspecified atom stereocenters. The lowest BCUT2D eigenvalue weighted by atomic mass is 10.3. The summed E-state index contributed by atoms with van der Waals surface area (Å²) < 4.78 is 25.9. The number of hydrogen-bond acceptors (Lipinski definition) is 2. The van der Waals surface area contributed by atoms with Crippen LogP contribution in [0.5, 0.6) is 0 Å². The first-order valence-corrected chi connectivity index (χ1v) is 6.66. The zero-order chi connectivity index (χ0) is 11.5. The van der Waals surface area contributed by atoms with Gasteiger partial charge in [-0.1, -0.05) is 30.7 Å². The lowest BCUT2D eigenvalue weighted by Crippen LogP contribution is -2.24. The number of anilines is 1. The molecule has 0 radical (unpaired) electrons. The van der Waals surface area contributed by atoms with E-state index < -0.39 is 15.3 Å². The van der Waals surface area contributed by atoms with E-state index >= 15 is 0 Å². The molecule has 0 aromatic heterocycles. The minimum atomic E-state index is -3.32. The van der Waals surface area contributed by atoms with Crippen LogP contribution in [0.3, 0.4) is 0 Å². The van der Waals surface area contributed by atoms with Crippen molar-refractivity contribution in [1.29, 1.82) is 0 Å². The van der Waals surface area contributed by atoms with Crippen LogP contribution in [-0.4, -0.2) is 13.7 Å². The number of sulfonamides is 1. The van der Waals surface area contributed by atoms with E-state index in [0.29, 0.717) is 17.1 Å². The molecule has 0 bridgehead atoms. The molecule has 0 saturated heterocycles. The number of benzene rings is 1. The van der Waals surface area contributed by atoms with Crippen molar-refractivity contribution in [2.45, 2.75) is 25.5 Å². The van der Waals surface area contributed by atoms with Crippen molar-refractivity contribution in [1.82, 2.24) is 0 Å². The molecule has 0 aliphatic heterocycles. The van der Waals surface area contributed by atoms with E-state index in [1.807, 2.05) is 6.92 Å². The Bertz CT molecular complexity index is 431. The van der Waals surface area contributed by atoms with Gasteiger partial charge in [0.05, 0.1) is 16.0 Å². The normalized spacial score (nSPS) is 13.5. The maximum absolute atomic E-state index is 11.7. The Balaban J connectivity index is 2.92. The SMILES string of the molecule is CCC(C)S(=O)(=O)Nc1ccccc1Cl. The predicted octanol–water partition coefficient (Wildman–Crippen LogP) is 2.88. The minimum absolute atomic E-state index is 0.407. The molecule has 0 amide bonds. The fourth-order valence-corrected chi connectivity index (χ4v) is 2.38. The molecule has 0 aliphatic rings. The third kappa shape index (κ3) is 3.11. The van der Waals surface area contributed by atoms with E-state index in [2.05, 4.69) is 4.72 Å². The van der Waals surface area contributed by atoms with Crippen molar-refractivity contribution in [3.63, 3.8) is 0 Å². The maximum atomic E-state index is 11.7. The smallest absolute Gasteiger partial charge is 0.235 e. The second kappa shape index (κ2) is 4.86. The average Bonchev–Trinajstić information content (AvgIpc) is 2.20. The molecule has 0 aliphatic carbocycles. The summed E-state index contributed by atoms with van der Waals surface area (Å²) >= 11 is 5.85. The lowest BCUT2D eigenvalue weighted by Gasteiger charge is -2.13. The van der Waals surface area contributed by atoms with Gasteiger partial charge in [-0.05, 0) is 25.5 Å². The minimum Gasteiger partial charge on any atom is -0.282 e. The summed E-state index contributed by atoms with van der Waals surface area (Å²) in [4.78, 5) is 0. The Hall–Kier alpha value is -0.740. The quantitative estimate of drug-likeness (QED) is 0.889. The highest BCUT2D eigenvalue weighted by molar-refractivity contribution is 7.93. The van der Waals surface area contributed by atoms with Crippen molar-refractivity contribution < 1.29 is 8.42 Å². The van der Waals surface area contributed by atoms with Crippen molar-refractivity contribution in [2.75, 3.05) is 4.72 Å². The Morgan fingerprint density at radius 3 is 2.53 bits per heavy atom. The third-order valence-electron chi connectivity index (χ3n) is 2.23. The first-order chi connectivity index (χ1) is 6.97. The molecular formula is C10H14ClNO2S. The van der Waals surface area contributed by atoms with Crippen LogP contribution in [0.2, 0.25) is 5.02 Å². The van der Waals surface area contributed by atoms with E-state index in [4.69, 9.17) is 11.6 Å². The molecule has 1 N–H and O–H groups in total. The third-order valence-corrected chi connectivity index (χ3v) is 4.46.